The van der Waals surface area contributed by atoms with Crippen molar-refractivity contribution in [3.8, 4) is 0 Å². The molecule has 0 bridgehead atoms. The van der Waals surface area contributed by atoms with E-state index in [-0.39, 0.29) is 17.8 Å². The van der Waals surface area contributed by atoms with Crippen LogP contribution in [0.2, 0.25) is 5.02 Å². The van der Waals surface area contributed by atoms with Crippen LogP contribution in [0.5, 0.6) is 0 Å². The molecule has 1 aromatic heterocycles. The number of halogens is 4. The molecule has 1 unspecified atom stereocenters. The van der Waals surface area contributed by atoms with Crippen molar-refractivity contribution in [3.63, 3.8) is 0 Å². The van der Waals surface area contributed by atoms with Crippen molar-refractivity contribution >= 4 is 40.4 Å². The van der Waals surface area contributed by atoms with Crippen molar-refractivity contribution in [1.29, 1.82) is 0 Å². The van der Waals surface area contributed by atoms with Crippen LogP contribution in [-0.2, 0) is 22.3 Å². The fourth-order valence-corrected chi connectivity index (χ4v) is 5.54. The van der Waals surface area contributed by atoms with Crippen LogP contribution >= 0.6 is 11.6 Å². The number of aromatic nitrogens is 1. The van der Waals surface area contributed by atoms with Crippen LogP contribution in [0.3, 0.4) is 0 Å². The van der Waals surface area contributed by atoms with Crippen molar-refractivity contribution in [3.05, 3.63) is 63.0 Å². The van der Waals surface area contributed by atoms with E-state index in [1.54, 1.807) is 18.2 Å². The number of aldehydes is 1. The van der Waals surface area contributed by atoms with Gasteiger partial charge in [-0.25, -0.2) is 4.98 Å². The predicted octanol–water partition coefficient (Wildman–Crippen LogP) is 5.49. The van der Waals surface area contributed by atoms with Crippen LogP contribution in [0.15, 0.2) is 40.8 Å². The number of carbonyl (C=O) groups is 1. The second-order valence-corrected chi connectivity index (χ2v) is 10.7. The van der Waals surface area contributed by atoms with Gasteiger partial charge in [0.15, 0.2) is 18.1 Å². The minimum Gasteiger partial charge on any atom is -0.439 e. The summed E-state index contributed by atoms with van der Waals surface area (Å²) < 4.78 is 51.9. The lowest BCUT2D eigenvalue weighted by atomic mass is 9.92. The Morgan fingerprint density at radius 2 is 1.88 bits per heavy atom. The highest BCUT2D eigenvalue weighted by atomic mass is 35.5. The van der Waals surface area contributed by atoms with Crippen LogP contribution in [0.25, 0.3) is 11.1 Å². The summed E-state index contributed by atoms with van der Waals surface area (Å²) in [5, 5.41) is 14.7. The molecule has 220 valence electrons. The molecule has 14 heteroatoms. The van der Waals surface area contributed by atoms with Crippen LogP contribution in [0.4, 0.5) is 24.5 Å². The van der Waals surface area contributed by atoms with Gasteiger partial charge < -0.3 is 14.5 Å². The number of piperazine rings is 1. The first kappa shape index (κ1) is 29.2. The molecular weight excluding hydrogens is 567 g/mol. The Morgan fingerprint density at radius 1 is 1.15 bits per heavy atom. The van der Waals surface area contributed by atoms with Gasteiger partial charge in [0.25, 0.3) is 5.69 Å². The molecule has 10 nitrogen and oxygen atoms in total. The van der Waals surface area contributed by atoms with Crippen LogP contribution in [0, 0.1) is 10.1 Å². The van der Waals surface area contributed by atoms with Gasteiger partial charge in [-0.15, -0.1) is 0 Å². The molecule has 2 heterocycles. The normalized spacial score (nSPS) is 21.6. The topological polar surface area (TPSA) is 114 Å². The number of alkyl halides is 3. The number of anilines is 1. The zero-order valence-corrected chi connectivity index (χ0v) is 22.7. The van der Waals surface area contributed by atoms with Crippen LogP contribution in [-0.4, -0.2) is 70.5 Å². The molecule has 41 heavy (non-hydrogen) atoms. The molecule has 0 spiro atoms. The number of hydrogen-bond acceptors (Lipinski definition) is 9. The molecule has 5 rings (SSSR count). The van der Waals surface area contributed by atoms with Crippen molar-refractivity contribution in [2.75, 3.05) is 31.5 Å². The molecule has 1 aliphatic heterocycles. The summed E-state index contributed by atoms with van der Waals surface area (Å²) in [7, 11) is 0. The second kappa shape index (κ2) is 12.3. The van der Waals surface area contributed by atoms with E-state index >= 15 is 0 Å². The Kier molecular flexibility index (Phi) is 8.78. The summed E-state index contributed by atoms with van der Waals surface area (Å²) in [6, 6.07) is 8.14. The third-order valence-electron chi connectivity index (χ3n) is 7.51. The summed E-state index contributed by atoms with van der Waals surface area (Å²) in [5.41, 5.74) is -0.683. The number of nitro benzene ring substituents is 1. The van der Waals surface area contributed by atoms with E-state index in [2.05, 4.69) is 15.2 Å². The zero-order valence-electron chi connectivity index (χ0n) is 22.0. The average molecular weight is 596 g/mol. The maximum Gasteiger partial charge on any atom is 0.423 e. The Morgan fingerprint density at radius 3 is 2.54 bits per heavy atom. The number of hydrogen-bond donors (Lipinski definition) is 1. The van der Waals surface area contributed by atoms with Crippen molar-refractivity contribution < 1.29 is 32.0 Å². The average Bonchev–Trinajstić information content (AvgIpc) is 3.34. The van der Waals surface area contributed by atoms with Gasteiger partial charge in [0.05, 0.1) is 17.6 Å². The number of rotatable bonds is 9. The maximum absolute atomic E-state index is 13.3. The lowest BCUT2D eigenvalue weighted by Crippen LogP contribution is -2.52. The summed E-state index contributed by atoms with van der Waals surface area (Å²) in [6.45, 7) is 3.23. The highest BCUT2D eigenvalue weighted by molar-refractivity contribution is 6.31. The second-order valence-electron chi connectivity index (χ2n) is 10.3. The SMILES string of the molecule is O=CC(OC1CCC(Nc2ccc([N+](=O)[O-])c(C(F)(F)F)c2)CC1)N1CCN(Cc2nc3cc(Cl)ccc3o2)CC1. The van der Waals surface area contributed by atoms with E-state index in [4.69, 9.17) is 20.8 Å². The molecule has 2 fully saturated rings. The summed E-state index contributed by atoms with van der Waals surface area (Å²) in [5.74, 6) is 0.604. The zero-order chi connectivity index (χ0) is 29.1. The van der Waals surface area contributed by atoms with Crippen LogP contribution < -0.4 is 5.32 Å². The molecule has 0 amide bonds. The van der Waals surface area contributed by atoms with Gasteiger partial charge in [0, 0.05) is 49.0 Å². The molecule has 1 saturated carbocycles. The van der Waals surface area contributed by atoms with Gasteiger partial charge in [0.1, 0.15) is 11.1 Å². The molecule has 1 saturated heterocycles. The van der Waals surface area contributed by atoms with Gasteiger partial charge in [-0.3, -0.25) is 24.7 Å². The molecular formula is C27H29ClF3N5O5. The predicted molar refractivity (Wildman–Crippen MR) is 145 cm³/mol. The number of oxazole rings is 1. The molecule has 3 aromatic rings. The quantitative estimate of drug-likeness (QED) is 0.195. The molecule has 1 N–H and O–H groups in total. The van der Waals surface area contributed by atoms with E-state index in [1.807, 2.05) is 4.90 Å². The first-order valence-corrected chi connectivity index (χ1v) is 13.7. The fraction of sp³-hybridized carbons (Fsp3) is 0.481. The minimum absolute atomic E-state index is 0.112. The molecule has 1 aliphatic carbocycles. The van der Waals surface area contributed by atoms with E-state index in [0.29, 0.717) is 80.4 Å². The third-order valence-corrected chi connectivity index (χ3v) is 7.75. The first-order valence-electron chi connectivity index (χ1n) is 13.3. The Balaban J connectivity index is 1.08. The van der Waals surface area contributed by atoms with Crippen molar-refractivity contribution in [2.45, 2.75) is 56.8 Å². The van der Waals surface area contributed by atoms with E-state index in [0.717, 1.165) is 18.4 Å². The lowest BCUT2D eigenvalue weighted by Gasteiger charge is -2.39. The fourth-order valence-electron chi connectivity index (χ4n) is 5.38. The monoisotopic (exact) mass is 595 g/mol. The number of nitrogens with zero attached hydrogens (tertiary/aromatic N) is 4. The highest BCUT2D eigenvalue weighted by Crippen LogP contribution is 2.38. The first-order chi connectivity index (χ1) is 19.6. The van der Waals surface area contributed by atoms with Gasteiger partial charge in [-0.1, -0.05) is 11.6 Å². The van der Waals surface area contributed by atoms with Crippen LogP contribution in [0.1, 0.15) is 37.1 Å². The number of carbonyl (C=O) groups excluding carboxylic acids is 1. The number of benzene rings is 2. The third kappa shape index (κ3) is 7.15. The van der Waals surface area contributed by atoms with E-state index in [9.17, 15) is 28.1 Å². The summed E-state index contributed by atoms with van der Waals surface area (Å²) in [4.78, 5) is 30.6. The standard InChI is InChI=1S/C27H29ClF3N5O5/c28-17-1-8-24-22(13-17)33-25(41-24)15-34-9-11-35(12-10-34)26(16-37)40-20-5-2-18(3-6-20)32-19-4-7-23(36(38)39)21(14-19)27(29,30)31/h1,4,7-8,13-14,16,18,20,26,32H,2-3,5-6,9-12,15H2. The highest BCUT2D eigenvalue weighted by Gasteiger charge is 2.38. The van der Waals surface area contributed by atoms with Gasteiger partial charge in [-0.05, 0) is 56.0 Å². The Bertz CT molecular complexity index is 1390. The van der Waals surface area contributed by atoms with E-state index in [1.165, 1.54) is 6.07 Å². The summed E-state index contributed by atoms with van der Waals surface area (Å²) >= 11 is 6.03. The largest absolute Gasteiger partial charge is 0.439 e. The summed E-state index contributed by atoms with van der Waals surface area (Å²) in [6.07, 6.45) is -2.36. The van der Waals surface area contributed by atoms with Crippen molar-refractivity contribution in [2.24, 2.45) is 0 Å². The molecule has 0 radical (unpaired) electrons. The van der Waals surface area contributed by atoms with Gasteiger partial charge in [0.2, 0.25) is 5.89 Å². The van der Waals surface area contributed by atoms with E-state index < -0.39 is 28.6 Å². The number of ether oxygens (including phenoxy) is 1. The number of fused-ring (bicyclic) bond motifs is 1. The van der Waals surface area contributed by atoms with Crippen molar-refractivity contribution in [1.82, 2.24) is 14.8 Å². The smallest absolute Gasteiger partial charge is 0.423 e. The molecule has 2 aliphatic rings. The maximum atomic E-state index is 13.3. The number of nitrogens with one attached hydrogen (secondary N) is 1. The Labute approximate surface area is 238 Å². The van der Waals surface area contributed by atoms with Gasteiger partial charge >= 0.3 is 6.18 Å². The minimum atomic E-state index is -4.83. The molecule has 1 atom stereocenters. The number of nitro groups is 1. The molecule has 2 aromatic carbocycles. The Hall–Kier alpha value is -3.26. The lowest BCUT2D eigenvalue weighted by molar-refractivity contribution is -0.388. The van der Waals surface area contributed by atoms with Gasteiger partial charge in [-0.2, -0.15) is 13.2 Å².